The minimum atomic E-state index is -0.816. The predicted octanol–water partition coefficient (Wildman–Crippen LogP) is 1.61. The van der Waals surface area contributed by atoms with Gasteiger partial charge in [-0.15, -0.1) is 0 Å². The molecule has 0 aliphatic carbocycles. The van der Waals surface area contributed by atoms with Crippen molar-refractivity contribution in [3.63, 3.8) is 0 Å². The van der Waals surface area contributed by atoms with Crippen LogP contribution in [0.4, 0.5) is 0 Å². The first kappa shape index (κ1) is 18.3. The Bertz CT molecular complexity index is 688. The number of carbonyl (C=O) groups is 2. The fourth-order valence-electron chi connectivity index (χ4n) is 2.08. The number of benzene rings is 2. The second kappa shape index (κ2) is 9.29. The van der Waals surface area contributed by atoms with E-state index in [9.17, 15) is 9.59 Å². The van der Waals surface area contributed by atoms with E-state index in [1.807, 2.05) is 6.07 Å². The van der Waals surface area contributed by atoms with Gasteiger partial charge in [-0.1, -0.05) is 30.3 Å². The molecule has 2 amide bonds. The maximum atomic E-state index is 12.1. The summed E-state index contributed by atoms with van der Waals surface area (Å²) >= 11 is 0. The van der Waals surface area contributed by atoms with Gasteiger partial charge in [0.1, 0.15) is 11.5 Å². The Morgan fingerprint density at radius 2 is 1.56 bits per heavy atom. The molecule has 0 aromatic heterocycles. The lowest BCUT2D eigenvalue weighted by atomic mass is 10.1. The molecule has 0 fully saturated rings. The third-order valence-corrected chi connectivity index (χ3v) is 3.33. The van der Waals surface area contributed by atoms with Gasteiger partial charge in [-0.05, 0) is 29.8 Å². The first-order valence-electron chi connectivity index (χ1n) is 7.57. The van der Waals surface area contributed by atoms with Gasteiger partial charge < -0.3 is 14.2 Å². The third-order valence-electron chi connectivity index (χ3n) is 3.33. The lowest BCUT2D eigenvalue weighted by Crippen LogP contribution is -2.46. The van der Waals surface area contributed by atoms with Crippen LogP contribution in [-0.4, -0.2) is 32.6 Å². The van der Waals surface area contributed by atoms with Crippen molar-refractivity contribution < 1.29 is 23.8 Å². The molecule has 2 N–H and O–H groups in total. The number of amides is 2. The zero-order valence-corrected chi connectivity index (χ0v) is 14.0. The van der Waals surface area contributed by atoms with Crippen LogP contribution in [0.2, 0.25) is 0 Å². The quantitative estimate of drug-likeness (QED) is 0.745. The molecule has 0 aliphatic rings. The molecule has 7 nitrogen and oxygen atoms in total. The van der Waals surface area contributed by atoms with Gasteiger partial charge in [-0.3, -0.25) is 20.4 Å². The standard InChI is InChI=1S/C18H20N2O5/c1-23-14-8-10-15(11-9-14)25-12-16(21)19-20-18(22)17(24-2)13-6-4-3-5-7-13/h3-11,17H,12H2,1-2H3,(H,19,21)(H,20,22)/t17-/m1/s1. The van der Waals surface area contributed by atoms with Gasteiger partial charge in [0.2, 0.25) is 0 Å². The van der Waals surface area contributed by atoms with E-state index in [2.05, 4.69) is 10.9 Å². The van der Waals surface area contributed by atoms with Crippen molar-refractivity contribution in [2.45, 2.75) is 6.10 Å². The van der Waals surface area contributed by atoms with Gasteiger partial charge in [0.25, 0.3) is 11.8 Å². The van der Waals surface area contributed by atoms with Crippen LogP contribution in [0.1, 0.15) is 11.7 Å². The van der Waals surface area contributed by atoms with Crippen molar-refractivity contribution in [2.75, 3.05) is 20.8 Å². The molecule has 25 heavy (non-hydrogen) atoms. The molecule has 2 aromatic carbocycles. The Morgan fingerprint density at radius 3 is 2.16 bits per heavy atom. The largest absolute Gasteiger partial charge is 0.497 e. The number of hydrogen-bond acceptors (Lipinski definition) is 5. The SMILES string of the molecule is COc1ccc(OCC(=O)NNC(=O)[C@H](OC)c2ccccc2)cc1. The Morgan fingerprint density at radius 1 is 0.920 bits per heavy atom. The van der Waals surface area contributed by atoms with Crippen LogP contribution in [0.3, 0.4) is 0 Å². The zero-order valence-electron chi connectivity index (χ0n) is 14.0. The van der Waals surface area contributed by atoms with Gasteiger partial charge in [0.05, 0.1) is 7.11 Å². The summed E-state index contributed by atoms with van der Waals surface area (Å²) in [5.41, 5.74) is 5.30. The number of carbonyl (C=O) groups excluding carboxylic acids is 2. The van der Waals surface area contributed by atoms with Crippen LogP contribution < -0.4 is 20.3 Å². The molecule has 0 bridgehead atoms. The molecule has 2 rings (SSSR count). The van der Waals surface area contributed by atoms with E-state index in [0.717, 1.165) is 0 Å². The smallest absolute Gasteiger partial charge is 0.276 e. The van der Waals surface area contributed by atoms with Crippen LogP contribution in [0.5, 0.6) is 11.5 Å². The molecule has 132 valence electrons. The lowest BCUT2D eigenvalue weighted by molar-refractivity contribution is -0.136. The third kappa shape index (κ3) is 5.50. The molecule has 2 aromatic rings. The topological polar surface area (TPSA) is 85.9 Å². The van der Waals surface area contributed by atoms with Crippen molar-refractivity contribution >= 4 is 11.8 Å². The minimum absolute atomic E-state index is 0.240. The monoisotopic (exact) mass is 344 g/mol. The normalized spacial score (nSPS) is 11.3. The van der Waals surface area contributed by atoms with Crippen LogP contribution in [-0.2, 0) is 14.3 Å². The van der Waals surface area contributed by atoms with Gasteiger partial charge in [-0.25, -0.2) is 0 Å². The maximum absolute atomic E-state index is 12.1. The van der Waals surface area contributed by atoms with E-state index in [1.165, 1.54) is 7.11 Å². The number of hydrazine groups is 1. The minimum Gasteiger partial charge on any atom is -0.497 e. The van der Waals surface area contributed by atoms with Crippen molar-refractivity contribution in [1.82, 2.24) is 10.9 Å². The van der Waals surface area contributed by atoms with Gasteiger partial charge in [-0.2, -0.15) is 0 Å². The van der Waals surface area contributed by atoms with Crippen molar-refractivity contribution in [2.24, 2.45) is 0 Å². The van der Waals surface area contributed by atoms with E-state index in [0.29, 0.717) is 17.1 Å². The van der Waals surface area contributed by atoms with E-state index in [-0.39, 0.29) is 6.61 Å². The Hall–Kier alpha value is -3.06. The van der Waals surface area contributed by atoms with Gasteiger partial charge >= 0.3 is 0 Å². The molecular formula is C18H20N2O5. The van der Waals surface area contributed by atoms with E-state index in [1.54, 1.807) is 55.6 Å². The zero-order chi connectivity index (χ0) is 18.1. The van der Waals surface area contributed by atoms with Crippen LogP contribution in [0, 0.1) is 0 Å². The van der Waals surface area contributed by atoms with E-state index < -0.39 is 17.9 Å². The summed E-state index contributed by atoms with van der Waals surface area (Å²) < 4.78 is 15.5. The molecule has 0 aliphatic heterocycles. The predicted molar refractivity (Wildman–Crippen MR) is 91.0 cm³/mol. The van der Waals surface area contributed by atoms with Crippen molar-refractivity contribution in [1.29, 1.82) is 0 Å². The highest BCUT2D eigenvalue weighted by Gasteiger charge is 2.20. The summed E-state index contributed by atoms with van der Waals surface area (Å²) in [7, 11) is 2.99. The number of ether oxygens (including phenoxy) is 3. The molecule has 0 saturated heterocycles. The molecule has 0 heterocycles. The van der Waals surface area contributed by atoms with E-state index >= 15 is 0 Å². The summed E-state index contributed by atoms with van der Waals surface area (Å²) in [5, 5.41) is 0. The van der Waals surface area contributed by atoms with Gasteiger partial charge in [0, 0.05) is 7.11 Å². The average Bonchev–Trinajstić information content (AvgIpc) is 2.66. The van der Waals surface area contributed by atoms with Gasteiger partial charge in [0.15, 0.2) is 12.7 Å². The molecule has 7 heteroatoms. The molecule has 1 atom stereocenters. The highest BCUT2D eigenvalue weighted by molar-refractivity contribution is 5.85. The number of rotatable bonds is 7. The summed E-state index contributed by atoms with van der Waals surface area (Å²) in [6, 6.07) is 15.8. The van der Waals surface area contributed by atoms with Crippen LogP contribution in [0.25, 0.3) is 0 Å². The maximum Gasteiger partial charge on any atom is 0.276 e. The first-order chi connectivity index (χ1) is 12.1. The fraction of sp³-hybridized carbons (Fsp3) is 0.222. The fourth-order valence-corrected chi connectivity index (χ4v) is 2.08. The highest BCUT2D eigenvalue weighted by atomic mass is 16.5. The average molecular weight is 344 g/mol. The Labute approximate surface area is 145 Å². The summed E-state index contributed by atoms with van der Waals surface area (Å²) in [6.45, 7) is -0.240. The molecular weight excluding hydrogens is 324 g/mol. The lowest BCUT2D eigenvalue weighted by Gasteiger charge is -2.16. The molecule has 0 spiro atoms. The summed E-state index contributed by atoms with van der Waals surface area (Å²) in [6.07, 6.45) is -0.816. The summed E-state index contributed by atoms with van der Waals surface area (Å²) in [4.78, 5) is 23.9. The van der Waals surface area contributed by atoms with Crippen LogP contribution in [0.15, 0.2) is 54.6 Å². The molecule has 0 unspecified atom stereocenters. The highest BCUT2D eigenvalue weighted by Crippen LogP contribution is 2.17. The van der Waals surface area contributed by atoms with Crippen LogP contribution >= 0.6 is 0 Å². The van der Waals surface area contributed by atoms with E-state index in [4.69, 9.17) is 14.2 Å². The molecule has 0 saturated carbocycles. The second-order valence-electron chi connectivity index (χ2n) is 5.03. The Kier molecular flexibility index (Phi) is 6.79. The summed E-state index contributed by atoms with van der Waals surface area (Å²) in [5.74, 6) is 0.232. The Balaban J connectivity index is 1.79. The number of hydrogen-bond donors (Lipinski definition) is 2. The number of methoxy groups -OCH3 is 2. The van der Waals surface area contributed by atoms with Crippen molar-refractivity contribution in [3.05, 3.63) is 60.2 Å². The number of nitrogens with one attached hydrogen (secondary N) is 2. The first-order valence-corrected chi connectivity index (χ1v) is 7.57. The van der Waals surface area contributed by atoms with Crippen molar-refractivity contribution in [3.8, 4) is 11.5 Å². The second-order valence-corrected chi connectivity index (χ2v) is 5.03. The molecule has 0 radical (unpaired) electrons.